The third kappa shape index (κ3) is 2.76. The molecule has 116 valence electrons. The zero-order chi connectivity index (χ0) is 15.2. The van der Waals surface area contributed by atoms with Crippen molar-refractivity contribution in [3.8, 4) is 0 Å². The fourth-order valence-electron chi connectivity index (χ4n) is 3.33. The number of nitrogens with zero attached hydrogens (tertiary/aromatic N) is 1. The summed E-state index contributed by atoms with van der Waals surface area (Å²) in [5.41, 5.74) is 0.279. The zero-order valence-corrected chi connectivity index (χ0v) is 14.3. The lowest BCUT2D eigenvalue weighted by molar-refractivity contribution is -0.131. The molecule has 0 bridgehead atoms. The lowest BCUT2D eigenvalue weighted by Gasteiger charge is -2.25. The van der Waals surface area contributed by atoms with E-state index >= 15 is 0 Å². The van der Waals surface area contributed by atoms with E-state index in [1.165, 1.54) is 9.75 Å². The minimum absolute atomic E-state index is 0.00811. The van der Waals surface area contributed by atoms with Gasteiger partial charge in [0.25, 0.3) is 0 Å². The summed E-state index contributed by atoms with van der Waals surface area (Å²) in [5.74, 6) is 0.315. The molecule has 1 aromatic rings. The molecule has 0 spiro atoms. The predicted molar refractivity (Wildman–Crippen MR) is 87.3 cm³/mol. The number of carbonyl (C=O) groups is 1. The second kappa shape index (κ2) is 5.40. The second-order valence-electron chi connectivity index (χ2n) is 7.17. The van der Waals surface area contributed by atoms with Crippen LogP contribution in [0.3, 0.4) is 0 Å². The van der Waals surface area contributed by atoms with Crippen LogP contribution in [-0.4, -0.2) is 22.9 Å². The molecule has 1 aliphatic carbocycles. The van der Waals surface area contributed by atoms with Crippen LogP contribution < -0.4 is 5.32 Å². The number of hydrogen-bond acceptors (Lipinski definition) is 3. The summed E-state index contributed by atoms with van der Waals surface area (Å²) < 4.78 is 0. The summed E-state index contributed by atoms with van der Waals surface area (Å²) >= 11 is 1.81. The number of carbonyl (C=O) groups excluding carboxylic acids is 1. The summed E-state index contributed by atoms with van der Waals surface area (Å²) in [6.07, 6.45) is 4.43. The van der Waals surface area contributed by atoms with Gasteiger partial charge in [-0.3, -0.25) is 10.1 Å². The van der Waals surface area contributed by atoms with Crippen LogP contribution in [0.1, 0.15) is 62.4 Å². The molecule has 1 aromatic heterocycles. The van der Waals surface area contributed by atoms with E-state index in [2.05, 4.69) is 50.0 Å². The number of unbranched alkanes of at least 4 members (excludes halogenated alkanes) is 1. The summed E-state index contributed by atoms with van der Waals surface area (Å²) in [6, 6.07) is 4.74. The maximum absolute atomic E-state index is 12.8. The van der Waals surface area contributed by atoms with Crippen LogP contribution in [-0.2, 0) is 4.79 Å². The van der Waals surface area contributed by atoms with Gasteiger partial charge in [-0.25, -0.2) is 0 Å². The average Bonchev–Trinajstić information content (AvgIpc) is 2.77. The van der Waals surface area contributed by atoms with Crippen LogP contribution in [0.4, 0.5) is 0 Å². The average molecular weight is 306 g/mol. The summed E-state index contributed by atoms with van der Waals surface area (Å²) in [5, 5.41) is 3.60. The van der Waals surface area contributed by atoms with E-state index < -0.39 is 0 Å². The van der Waals surface area contributed by atoms with Crippen molar-refractivity contribution in [3.63, 3.8) is 0 Å². The lowest BCUT2D eigenvalue weighted by Crippen LogP contribution is -2.35. The fraction of sp³-hybridized carbons (Fsp3) is 0.706. The van der Waals surface area contributed by atoms with Gasteiger partial charge in [0, 0.05) is 15.8 Å². The Bertz CT molecular complexity index is 537. The van der Waals surface area contributed by atoms with Crippen molar-refractivity contribution >= 4 is 17.2 Å². The quantitative estimate of drug-likeness (QED) is 0.896. The Hall–Kier alpha value is -0.870. The molecular weight excluding hydrogens is 280 g/mol. The van der Waals surface area contributed by atoms with Gasteiger partial charge in [-0.1, -0.05) is 33.6 Å². The normalized spacial score (nSPS) is 31.0. The number of thiophene rings is 1. The molecule has 21 heavy (non-hydrogen) atoms. The lowest BCUT2D eigenvalue weighted by atomic mass is 10.1. The minimum atomic E-state index is 0.00811. The van der Waals surface area contributed by atoms with Gasteiger partial charge in [-0.15, -0.1) is 11.3 Å². The standard InChI is InChI=1S/C17H26N2OS/c1-5-6-7-12-16(20)19(14-10-17(14,3)4)15(18-12)13-9-8-11(2)21-13/h8-9,12,14-15,18H,5-7,10H2,1-4H3. The van der Waals surface area contributed by atoms with Crippen LogP contribution in [0.15, 0.2) is 12.1 Å². The number of nitrogens with one attached hydrogen (secondary N) is 1. The molecule has 3 unspecified atom stereocenters. The highest BCUT2D eigenvalue weighted by Gasteiger charge is 2.56. The van der Waals surface area contributed by atoms with E-state index in [1.54, 1.807) is 11.3 Å². The first-order chi connectivity index (χ1) is 9.94. The Morgan fingerprint density at radius 1 is 1.43 bits per heavy atom. The van der Waals surface area contributed by atoms with Crippen molar-refractivity contribution in [2.24, 2.45) is 5.41 Å². The van der Waals surface area contributed by atoms with Crippen LogP contribution in [0.5, 0.6) is 0 Å². The van der Waals surface area contributed by atoms with Crippen molar-refractivity contribution < 1.29 is 4.79 Å². The number of rotatable bonds is 5. The van der Waals surface area contributed by atoms with Gasteiger partial charge in [0.2, 0.25) is 5.91 Å². The van der Waals surface area contributed by atoms with Crippen molar-refractivity contribution in [1.82, 2.24) is 10.2 Å². The number of amides is 1. The van der Waals surface area contributed by atoms with Gasteiger partial charge in [-0.05, 0) is 37.3 Å². The van der Waals surface area contributed by atoms with Crippen LogP contribution in [0.25, 0.3) is 0 Å². The molecule has 4 heteroatoms. The molecule has 0 aromatic carbocycles. The first kappa shape index (κ1) is 15.0. The second-order valence-corrected chi connectivity index (χ2v) is 8.49. The molecule has 1 saturated carbocycles. The maximum Gasteiger partial charge on any atom is 0.241 e. The van der Waals surface area contributed by atoms with E-state index in [0.717, 1.165) is 25.7 Å². The molecule has 1 saturated heterocycles. The smallest absolute Gasteiger partial charge is 0.241 e. The van der Waals surface area contributed by atoms with Crippen molar-refractivity contribution in [2.75, 3.05) is 0 Å². The first-order valence-corrected chi connectivity index (χ1v) is 8.90. The SMILES string of the molecule is CCCCC1NC(c2ccc(C)s2)N(C2CC2(C)C)C1=O. The number of hydrogen-bond donors (Lipinski definition) is 1. The summed E-state index contributed by atoms with van der Waals surface area (Å²) in [6.45, 7) is 8.84. The Kier molecular flexibility index (Phi) is 3.87. The van der Waals surface area contributed by atoms with Crippen LogP contribution >= 0.6 is 11.3 Å². The van der Waals surface area contributed by atoms with Crippen molar-refractivity contribution in [3.05, 3.63) is 21.9 Å². The fourth-order valence-corrected chi connectivity index (χ4v) is 4.27. The molecule has 2 aliphatic rings. The van der Waals surface area contributed by atoms with Crippen molar-refractivity contribution in [1.29, 1.82) is 0 Å². The molecule has 3 nitrogen and oxygen atoms in total. The zero-order valence-electron chi connectivity index (χ0n) is 13.5. The monoisotopic (exact) mass is 306 g/mol. The Morgan fingerprint density at radius 3 is 2.67 bits per heavy atom. The molecule has 0 radical (unpaired) electrons. The highest BCUT2D eigenvalue weighted by Crippen LogP contribution is 2.52. The van der Waals surface area contributed by atoms with E-state index in [1.807, 2.05) is 0 Å². The minimum Gasteiger partial charge on any atom is -0.317 e. The van der Waals surface area contributed by atoms with E-state index in [-0.39, 0.29) is 17.6 Å². The highest BCUT2D eigenvalue weighted by atomic mass is 32.1. The van der Waals surface area contributed by atoms with Crippen molar-refractivity contribution in [2.45, 2.75) is 71.6 Å². The molecule has 3 rings (SSSR count). The first-order valence-electron chi connectivity index (χ1n) is 8.08. The van der Waals surface area contributed by atoms with Crippen LogP contribution in [0, 0.1) is 12.3 Å². The Balaban J connectivity index is 1.83. The maximum atomic E-state index is 12.8. The molecule has 1 aliphatic heterocycles. The summed E-state index contributed by atoms with van der Waals surface area (Å²) in [4.78, 5) is 17.6. The predicted octanol–water partition coefficient (Wildman–Crippen LogP) is 3.84. The van der Waals surface area contributed by atoms with Gasteiger partial charge in [0.15, 0.2) is 0 Å². The third-order valence-corrected chi connectivity index (χ3v) is 5.92. The molecule has 1 amide bonds. The molecule has 3 atom stereocenters. The van der Waals surface area contributed by atoms with Crippen LogP contribution in [0.2, 0.25) is 0 Å². The Morgan fingerprint density at radius 2 is 2.14 bits per heavy atom. The van der Waals surface area contributed by atoms with Gasteiger partial charge in [0.1, 0.15) is 6.17 Å². The molecule has 1 N–H and O–H groups in total. The van der Waals surface area contributed by atoms with Gasteiger partial charge in [-0.2, -0.15) is 0 Å². The Labute approximate surface area is 131 Å². The largest absolute Gasteiger partial charge is 0.317 e. The van der Waals surface area contributed by atoms with Gasteiger partial charge < -0.3 is 4.90 Å². The van der Waals surface area contributed by atoms with Gasteiger partial charge in [0.05, 0.1) is 6.04 Å². The van der Waals surface area contributed by atoms with Gasteiger partial charge >= 0.3 is 0 Å². The third-order valence-electron chi connectivity index (χ3n) is 4.86. The highest BCUT2D eigenvalue weighted by molar-refractivity contribution is 7.12. The van der Waals surface area contributed by atoms with E-state index in [4.69, 9.17) is 0 Å². The van der Waals surface area contributed by atoms with E-state index in [0.29, 0.717) is 11.9 Å². The topological polar surface area (TPSA) is 32.3 Å². The number of aryl methyl sites for hydroxylation is 1. The molecular formula is C17H26N2OS. The summed E-state index contributed by atoms with van der Waals surface area (Å²) in [7, 11) is 0. The molecule has 2 heterocycles. The van der Waals surface area contributed by atoms with E-state index in [9.17, 15) is 4.79 Å². The molecule has 2 fully saturated rings.